The number of carbonyl (C=O) groups excluding carboxylic acids is 1. The van der Waals surface area contributed by atoms with Crippen molar-refractivity contribution in [1.82, 2.24) is 15.1 Å². The third-order valence-corrected chi connectivity index (χ3v) is 4.12. The molecule has 23 heavy (non-hydrogen) atoms. The van der Waals surface area contributed by atoms with Crippen molar-refractivity contribution in [2.45, 2.75) is 32.7 Å². The van der Waals surface area contributed by atoms with Crippen molar-refractivity contribution in [2.24, 2.45) is 0 Å². The number of nitrogens with one attached hydrogen (secondary N) is 2. The van der Waals surface area contributed by atoms with Gasteiger partial charge in [0.05, 0.1) is 12.2 Å². The van der Waals surface area contributed by atoms with E-state index in [1.807, 2.05) is 24.3 Å². The molecule has 122 valence electrons. The third kappa shape index (κ3) is 3.47. The van der Waals surface area contributed by atoms with Gasteiger partial charge in [-0.2, -0.15) is 0 Å². The summed E-state index contributed by atoms with van der Waals surface area (Å²) in [6.07, 6.45) is 2.73. The molecule has 1 amide bonds. The summed E-state index contributed by atoms with van der Waals surface area (Å²) in [5.41, 5.74) is 2.72. The molecule has 2 N–H and O–H groups in total. The zero-order chi connectivity index (χ0) is 16.2. The first-order valence-corrected chi connectivity index (χ1v) is 7.95. The SMILES string of the molecule is CCCc1ccc(OCC(=O)N2CCc3c([nH][nH]c3=O)C2)cc1. The van der Waals surface area contributed by atoms with Crippen molar-refractivity contribution in [3.8, 4) is 5.75 Å². The summed E-state index contributed by atoms with van der Waals surface area (Å²) in [5, 5.41) is 5.39. The highest BCUT2D eigenvalue weighted by Gasteiger charge is 2.23. The van der Waals surface area contributed by atoms with Gasteiger partial charge in [-0.3, -0.25) is 14.7 Å². The lowest BCUT2D eigenvalue weighted by Gasteiger charge is -2.26. The molecule has 2 heterocycles. The lowest BCUT2D eigenvalue weighted by Crippen LogP contribution is -2.39. The monoisotopic (exact) mass is 315 g/mol. The fourth-order valence-electron chi connectivity index (χ4n) is 2.83. The molecule has 1 aliphatic heterocycles. The van der Waals surface area contributed by atoms with E-state index in [9.17, 15) is 9.59 Å². The summed E-state index contributed by atoms with van der Waals surface area (Å²) < 4.78 is 5.58. The smallest absolute Gasteiger partial charge is 0.267 e. The molecule has 0 bridgehead atoms. The van der Waals surface area contributed by atoms with E-state index in [4.69, 9.17) is 4.74 Å². The first-order chi connectivity index (χ1) is 11.2. The van der Waals surface area contributed by atoms with E-state index >= 15 is 0 Å². The molecular weight excluding hydrogens is 294 g/mol. The molecule has 0 aliphatic carbocycles. The summed E-state index contributed by atoms with van der Waals surface area (Å²) in [4.78, 5) is 25.5. The number of aryl methyl sites for hydroxylation is 1. The van der Waals surface area contributed by atoms with Crippen LogP contribution in [0.2, 0.25) is 0 Å². The minimum Gasteiger partial charge on any atom is -0.484 e. The predicted octanol–water partition coefficient (Wildman–Crippen LogP) is 1.62. The van der Waals surface area contributed by atoms with Gasteiger partial charge < -0.3 is 14.7 Å². The van der Waals surface area contributed by atoms with Gasteiger partial charge in [-0.25, -0.2) is 0 Å². The number of aromatic nitrogens is 2. The van der Waals surface area contributed by atoms with Crippen LogP contribution in [-0.2, 0) is 24.2 Å². The summed E-state index contributed by atoms with van der Waals surface area (Å²) in [6, 6.07) is 7.86. The average Bonchev–Trinajstić information content (AvgIpc) is 2.95. The Kier molecular flexibility index (Phi) is 4.50. The number of nitrogens with zero attached hydrogens (tertiary/aromatic N) is 1. The van der Waals surface area contributed by atoms with Crippen LogP contribution < -0.4 is 10.3 Å². The van der Waals surface area contributed by atoms with E-state index in [0.717, 1.165) is 24.1 Å². The van der Waals surface area contributed by atoms with Gasteiger partial charge in [-0.05, 0) is 30.5 Å². The summed E-state index contributed by atoms with van der Waals surface area (Å²) in [7, 11) is 0. The van der Waals surface area contributed by atoms with Crippen LogP contribution in [0.4, 0.5) is 0 Å². The number of H-pyrrole nitrogens is 2. The van der Waals surface area contributed by atoms with Crippen LogP contribution >= 0.6 is 0 Å². The molecule has 1 aliphatic rings. The largest absolute Gasteiger partial charge is 0.484 e. The number of benzene rings is 1. The number of carbonyl (C=O) groups is 1. The van der Waals surface area contributed by atoms with Crippen molar-refractivity contribution in [2.75, 3.05) is 13.2 Å². The number of ether oxygens (including phenoxy) is 1. The highest BCUT2D eigenvalue weighted by molar-refractivity contribution is 5.78. The second-order valence-electron chi connectivity index (χ2n) is 5.78. The minimum atomic E-state index is -0.0875. The van der Waals surface area contributed by atoms with E-state index in [1.54, 1.807) is 4.90 Å². The van der Waals surface area contributed by atoms with Crippen LogP contribution in [0.5, 0.6) is 5.75 Å². The maximum atomic E-state index is 12.3. The van der Waals surface area contributed by atoms with Gasteiger partial charge in [-0.15, -0.1) is 0 Å². The fraction of sp³-hybridized carbons (Fsp3) is 0.412. The van der Waals surface area contributed by atoms with Crippen molar-refractivity contribution < 1.29 is 9.53 Å². The number of hydrogen-bond acceptors (Lipinski definition) is 3. The van der Waals surface area contributed by atoms with Gasteiger partial charge in [0, 0.05) is 12.1 Å². The zero-order valence-electron chi connectivity index (χ0n) is 13.2. The Morgan fingerprint density at radius 3 is 2.78 bits per heavy atom. The molecular formula is C17H21N3O3. The van der Waals surface area contributed by atoms with Gasteiger partial charge in [0.2, 0.25) is 0 Å². The fourth-order valence-corrected chi connectivity index (χ4v) is 2.83. The number of amides is 1. The predicted molar refractivity (Wildman–Crippen MR) is 86.5 cm³/mol. The average molecular weight is 315 g/mol. The molecule has 0 atom stereocenters. The van der Waals surface area contributed by atoms with Crippen LogP contribution in [0.15, 0.2) is 29.1 Å². The van der Waals surface area contributed by atoms with E-state index in [-0.39, 0.29) is 18.1 Å². The molecule has 6 heteroatoms. The molecule has 2 aromatic rings. The molecule has 1 aromatic heterocycles. The van der Waals surface area contributed by atoms with Crippen LogP contribution in [0.1, 0.15) is 30.2 Å². The van der Waals surface area contributed by atoms with Crippen molar-refractivity contribution in [1.29, 1.82) is 0 Å². The molecule has 0 saturated heterocycles. The van der Waals surface area contributed by atoms with Crippen molar-refractivity contribution >= 4 is 5.91 Å². The third-order valence-electron chi connectivity index (χ3n) is 4.12. The van der Waals surface area contributed by atoms with E-state index in [1.165, 1.54) is 5.56 Å². The summed E-state index contributed by atoms with van der Waals surface area (Å²) >= 11 is 0. The molecule has 0 spiro atoms. The Morgan fingerprint density at radius 1 is 1.26 bits per heavy atom. The number of hydrogen-bond donors (Lipinski definition) is 2. The second kappa shape index (κ2) is 6.73. The molecule has 1 aromatic carbocycles. The van der Waals surface area contributed by atoms with Gasteiger partial charge >= 0.3 is 0 Å². The second-order valence-corrected chi connectivity index (χ2v) is 5.78. The summed E-state index contributed by atoms with van der Waals surface area (Å²) in [6.45, 7) is 3.12. The first kappa shape index (κ1) is 15.4. The van der Waals surface area contributed by atoms with Crippen LogP contribution in [0, 0.1) is 0 Å². The van der Waals surface area contributed by atoms with Crippen molar-refractivity contribution in [3.05, 3.63) is 51.4 Å². The Bertz CT molecular complexity index is 730. The molecule has 0 radical (unpaired) electrons. The van der Waals surface area contributed by atoms with Gasteiger partial charge in [0.15, 0.2) is 6.61 Å². The number of rotatable bonds is 5. The van der Waals surface area contributed by atoms with Gasteiger partial charge in [0.1, 0.15) is 5.75 Å². The van der Waals surface area contributed by atoms with Crippen LogP contribution in [0.25, 0.3) is 0 Å². The lowest BCUT2D eigenvalue weighted by atomic mass is 10.1. The maximum Gasteiger partial charge on any atom is 0.267 e. The van der Waals surface area contributed by atoms with E-state index in [0.29, 0.717) is 25.3 Å². The highest BCUT2D eigenvalue weighted by Crippen LogP contribution is 2.15. The molecule has 3 rings (SSSR count). The molecule has 0 unspecified atom stereocenters. The van der Waals surface area contributed by atoms with Gasteiger partial charge in [0.25, 0.3) is 11.5 Å². The minimum absolute atomic E-state index is 0.0110. The molecule has 6 nitrogen and oxygen atoms in total. The Balaban J connectivity index is 1.54. The van der Waals surface area contributed by atoms with Crippen molar-refractivity contribution in [3.63, 3.8) is 0 Å². The Hall–Kier alpha value is -2.50. The van der Waals surface area contributed by atoms with E-state index in [2.05, 4.69) is 17.1 Å². The van der Waals surface area contributed by atoms with Crippen LogP contribution in [0.3, 0.4) is 0 Å². The molecule has 0 saturated carbocycles. The van der Waals surface area contributed by atoms with Gasteiger partial charge in [-0.1, -0.05) is 25.5 Å². The highest BCUT2D eigenvalue weighted by atomic mass is 16.5. The maximum absolute atomic E-state index is 12.3. The normalized spacial score (nSPS) is 13.7. The zero-order valence-corrected chi connectivity index (χ0v) is 13.2. The standard InChI is InChI=1S/C17H21N3O3/c1-2-3-12-4-6-13(7-5-12)23-11-16(21)20-9-8-14-15(10-20)18-19-17(14)22/h4-7H,2-3,8-11H2,1H3,(H2,18,19,22). The Morgan fingerprint density at radius 2 is 2.04 bits per heavy atom. The molecule has 0 fully saturated rings. The first-order valence-electron chi connectivity index (χ1n) is 7.95. The van der Waals surface area contributed by atoms with E-state index < -0.39 is 0 Å². The quantitative estimate of drug-likeness (QED) is 0.880. The Labute approximate surface area is 134 Å². The lowest BCUT2D eigenvalue weighted by molar-refractivity contribution is -0.134. The summed E-state index contributed by atoms with van der Waals surface area (Å²) in [5.74, 6) is 0.626. The van der Waals surface area contributed by atoms with Crippen LogP contribution in [-0.4, -0.2) is 34.2 Å². The number of fused-ring (bicyclic) bond motifs is 1. The number of aromatic amines is 2. The topological polar surface area (TPSA) is 78.2 Å².